The van der Waals surface area contributed by atoms with E-state index in [0.29, 0.717) is 19.3 Å². The zero-order chi connectivity index (χ0) is 37.6. The highest BCUT2D eigenvalue weighted by atomic mass is 16.6. The molecule has 0 spiro atoms. The topological polar surface area (TPSA) is 78.9 Å². The van der Waals surface area contributed by atoms with Crippen LogP contribution in [-0.4, -0.2) is 37.2 Å². The van der Waals surface area contributed by atoms with E-state index in [1.54, 1.807) is 0 Å². The maximum atomic E-state index is 12.6. The number of hydrogen-bond donors (Lipinski definition) is 0. The normalized spacial score (nSPS) is 12.1. The lowest BCUT2D eigenvalue weighted by Crippen LogP contribution is -2.30. The molecule has 0 saturated heterocycles. The lowest BCUT2D eigenvalue weighted by atomic mass is 10.0. The van der Waals surface area contributed by atoms with Gasteiger partial charge in [0, 0.05) is 19.3 Å². The van der Waals surface area contributed by atoms with Crippen molar-refractivity contribution in [2.24, 2.45) is 11.8 Å². The molecule has 6 heteroatoms. The van der Waals surface area contributed by atoms with E-state index >= 15 is 0 Å². The minimum absolute atomic E-state index is 0.0664. The molecule has 302 valence electrons. The molecule has 0 radical (unpaired) electrons. The Morgan fingerprint density at radius 1 is 0.373 bits per heavy atom. The maximum absolute atomic E-state index is 12.6. The van der Waals surface area contributed by atoms with E-state index in [-0.39, 0.29) is 31.1 Å². The second kappa shape index (κ2) is 38.1. The van der Waals surface area contributed by atoms with Crippen molar-refractivity contribution in [2.75, 3.05) is 13.2 Å². The highest BCUT2D eigenvalue weighted by molar-refractivity contribution is 5.71. The van der Waals surface area contributed by atoms with Gasteiger partial charge in [0.1, 0.15) is 13.2 Å². The zero-order valence-corrected chi connectivity index (χ0v) is 34.7. The summed E-state index contributed by atoms with van der Waals surface area (Å²) in [6.07, 6.45) is 35.4. The smallest absolute Gasteiger partial charge is 0.306 e. The van der Waals surface area contributed by atoms with E-state index in [2.05, 4.69) is 34.6 Å². The first-order chi connectivity index (χ1) is 24.7. The Labute approximate surface area is 317 Å². The summed E-state index contributed by atoms with van der Waals surface area (Å²) in [6, 6.07) is 0. The van der Waals surface area contributed by atoms with Crippen molar-refractivity contribution in [1.29, 1.82) is 0 Å². The van der Waals surface area contributed by atoms with Crippen LogP contribution in [0.4, 0.5) is 0 Å². The zero-order valence-electron chi connectivity index (χ0n) is 34.7. The Hall–Kier alpha value is -1.59. The highest BCUT2D eigenvalue weighted by Gasteiger charge is 2.19. The van der Waals surface area contributed by atoms with Crippen LogP contribution in [0.5, 0.6) is 0 Å². The monoisotopic (exact) mass is 723 g/mol. The molecule has 0 aliphatic heterocycles. The van der Waals surface area contributed by atoms with Gasteiger partial charge in [-0.2, -0.15) is 0 Å². The van der Waals surface area contributed by atoms with E-state index in [1.807, 2.05) is 0 Å². The van der Waals surface area contributed by atoms with Crippen molar-refractivity contribution >= 4 is 17.9 Å². The SMILES string of the molecule is CCCCCCCCCCCCCCCCC(=O)OC[C@@H](COC(=O)CCCCCCCCCC(C)C)OC(=O)CCCCCCCCC(C)C. The van der Waals surface area contributed by atoms with Gasteiger partial charge in [-0.1, -0.05) is 202 Å². The summed E-state index contributed by atoms with van der Waals surface area (Å²) in [5.74, 6) is 0.674. The van der Waals surface area contributed by atoms with Crippen molar-refractivity contribution in [3.05, 3.63) is 0 Å². The first-order valence-corrected chi connectivity index (χ1v) is 22.2. The first-order valence-electron chi connectivity index (χ1n) is 22.2. The van der Waals surface area contributed by atoms with Gasteiger partial charge in [0.25, 0.3) is 0 Å². The molecule has 0 aromatic rings. The first kappa shape index (κ1) is 49.4. The quantitative estimate of drug-likeness (QED) is 0.0357. The van der Waals surface area contributed by atoms with E-state index in [4.69, 9.17) is 14.2 Å². The van der Waals surface area contributed by atoms with E-state index in [0.717, 1.165) is 69.6 Å². The lowest BCUT2D eigenvalue weighted by Gasteiger charge is -2.18. The molecule has 0 aliphatic rings. The number of carbonyl (C=O) groups is 3. The van der Waals surface area contributed by atoms with Crippen molar-refractivity contribution in [3.8, 4) is 0 Å². The molecule has 51 heavy (non-hydrogen) atoms. The maximum Gasteiger partial charge on any atom is 0.306 e. The minimum atomic E-state index is -0.761. The third-order valence-corrected chi connectivity index (χ3v) is 9.97. The number of esters is 3. The Kier molecular flexibility index (Phi) is 37.0. The molecule has 0 fully saturated rings. The third-order valence-electron chi connectivity index (χ3n) is 9.97. The van der Waals surface area contributed by atoms with Gasteiger partial charge in [-0.15, -0.1) is 0 Å². The summed E-state index contributed by atoms with van der Waals surface area (Å²) in [5, 5.41) is 0. The fourth-order valence-corrected chi connectivity index (χ4v) is 6.58. The van der Waals surface area contributed by atoms with Crippen molar-refractivity contribution in [2.45, 2.75) is 246 Å². The molecule has 0 heterocycles. The molecule has 0 bridgehead atoms. The number of unbranched alkanes of at least 4 members (excludes halogenated alkanes) is 24. The van der Waals surface area contributed by atoms with Gasteiger partial charge in [0.15, 0.2) is 6.10 Å². The Morgan fingerprint density at radius 2 is 0.647 bits per heavy atom. The average molecular weight is 723 g/mol. The molecular weight excluding hydrogens is 636 g/mol. The second-order valence-corrected chi connectivity index (χ2v) is 16.3. The predicted octanol–water partition coefficient (Wildman–Crippen LogP) is 13.8. The van der Waals surface area contributed by atoms with Gasteiger partial charge in [-0.25, -0.2) is 0 Å². The van der Waals surface area contributed by atoms with Crippen LogP contribution in [0, 0.1) is 11.8 Å². The van der Waals surface area contributed by atoms with Crippen LogP contribution in [0.25, 0.3) is 0 Å². The van der Waals surface area contributed by atoms with Gasteiger partial charge in [0.05, 0.1) is 0 Å². The summed E-state index contributed by atoms with van der Waals surface area (Å²) < 4.78 is 16.7. The van der Waals surface area contributed by atoms with E-state index in [9.17, 15) is 14.4 Å². The molecule has 0 N–H and O–H groups in total. The fraction of sp³-hybridized carbons (Fsp3) is 0.933. The van der Waals surface area contributed by atoms with Crippen molar-refractivity contribution in [1.82, 2.24) is 0 Å². The van der Waals surface area contributed by atoms with E-state index < -0.39 is 6.10 Å². The van der Waals surface area contributed by atoms with Gasteiger partial charge in [-0.3, -0.25) is 14.4 Å². The second-order valence-electron chi connectivity index (χ2n) is 16.3. The lowest BCUT2D eigenvalue weighted by molar-refractivity contribution is -0.167. The fourth-order valence-electron chi connectivity index (χ4n) is 6.58. The number of rotatable bonds is 39. The number of carbonyl (C=O) groups excluding carboxylic acids is 3. The minimum Gasteiger partial charge on any atom is -0.462 e. The number of hydrogen-bond acceptors (Lipinski definition) is 6. The molecule has 0 aromatic heterocycles. The molecular formula is C45H86O6. The van der Waals surface area contributed by atoms with Crippen molar-refractivity contribution < 1.29 is 28.6 Å². The largest absolute Gasteiger partial charge is 0.462 e. The van der Waals surface area contributed by atoms with Crippen LogP contribution in [0.3, 0.4) is 0 Å². The molecule has 0 unspecified atom stereocenters. The molecule has 0 saturated carbocycles. The standard InChI is InChI=1S/C45H86O6/c1-6-7-8-9-10-11-12-13-14-15-16-19-25-30-35-43(46)49-38-42(51-45(48)37-32-27-22-21-24-29-34-41(4)5)39-50-44(47)36-31-26-20-17-18-23-28-33-40(2)3/h40-42H,6-39H2,1-5H3/t42-/m0/s1. The predicted molar refractivity (Wildman–Crippen MR) is 215 cm³/mol. The average Bonchev–Trinajstić information content (AvgIpc) is 3.09. The van der Waals surface area contributed by atoms with Crippen LogP contribution < -0.4 is 0 Å². The van der Waals surface area contributed by atoms with Crippen LogP contribution in [0.15, 0.2) is 0 Å². The van der Waals surface area contributed by atoms with Crippen LogP contribution in [-0.2, 0) is 28.6 Å². The van der Waals surface area contributed by atoms with E-state index in [1.165, 1.54) is 128 Å². The Balaban J connectivity index is 4.30. The molecule has 6 nitrogen and oxygen atoms in total. The van der Waals surface area contributed by atoms with Crippen LogP contribution in [0.2, 0.25) is 0 Å². The van der Waals surface area contributed by atoms with Gasteiger partial charge < -0.3 is 14.2 Å². The molecule has 0 aliphatic carbocycles. The number of ether oxygens (including phenoxy) is 3. The van der Waals surface area contributed by atoms with Gasteiger partial charge in [0.2, 0.25) is 0 Å². The third kappa shape index (κ3) is 39.5. The van der Waals surface area contributed by atoms with Crippen LogP contribution in [0.1, 0.15) is 240 Å². The summed E-state index contributed by atoms with van der Waals surface area (Å²) in [5.41, 5.74) is 0. The highest BCUT2D eigenvalue weighted by Crippen LogP contribution is 2.16. The Morgan fingerprint density at radius 3 is 0.961 bits per heavy atom. The molecule has 0 aromatic carbocycles. The molecule has 0 amide bonds. The van der Waals surface area contributed by atoms with Gasteiger partial charge >= 0.3 is 17.9 Å². The summed E-state index contributed by atoms with van der Waals surface area (Å²) >= 11 is 0. The summed E-state index contributed by atoms with van der Waals surface area (Å²) in [7, 11) is 0. The summed E-state index contributed by atoms with van der Waals surface area (Å²) in [4.78, 5) is 37.6. The van der Waals surface area contributed by atoms with Crippen molar-refractivity contribution in [3.63, 3.8) is 0 Å². The van der Waals surface area contributed by atoms with Gasteiger partial charge in [-0.05, 0) is 31.1 Å². The van der Waals surface area contributed by atoms with Crippen LogP contribution >= 0.6 is 0 Å². The Bertz CT molecular complexity index is 779. The summed E-state index contributed by atoms with van der Waals surface area (Å²) in [6.45, 7) is 11.2. The molecule has 0 rings (SSSR count). The molecule has 1 atom stereocenters.